The van der Waals surface area contributed by atoms with Gasteiger partial charge in [-0.2, -0.15) is 13.2 Å². The quantitative estimate of drug-likeness (QED) is 0.757. The maximum absolute atomic E-state index is 12.5. The molecule has 0 bridgehead atoms. The van der Waals surface area contributed by atoms with E-state index in [4.69, 9.17) is 4.74 Å². The molecule has 0 radical (unpaired) electrons. The van der Waals surface area contributed by atoms with Crippen molar-refractivity contribution in [1.82, 2.24) is 5.32 Å². The van der Waals surface area contributed by atoms with Crippen LogP contribution in [0.3, 0.4) is 0 Å². The molecule has 0 saturated carbocycles. The molecular weight excluding hydrogens is 273 g/mol. The number of hydrogen-bond donors (Lipinski definition) is 2. The van der Waals surface area contributed by atoms with Crippen LogP contribution in [0, 0.1) is 0 Å². The van der Waals surface area contributed by atoms with Gasteiger partial charge in [-0.25, -0.2) is 0 Å². The monoisotopic (exact) mass is 290 g/mol. The average molecular weight is 290 g/mol. The lowest BCUT2D eigenvalue weighted by Crippen LogP contribution is -2.31. The van der Waals surface area contributed by atoms with Gasteiger partial charge in [0, 0.05) is 25.9 Å². The third-order valence-electron chi connectivity index (χ3n) is 2.49. The van der Waals surface area contributed by atoms with Crippen molar-refractivity contribution in [3.8, 4) is 0 Å². The van der Waals surface area contributed by atoms with Crippen LogP contribution in [0.5, 0.6) is 0 Å². The minimum absolute atomic E-state index is 0.0751. The number of nitrogens with one attached hydrogen (secondary N) is 2. The number of carbonyl (C=O) groups excluding carboxylic acids is 1. The van der Waals surface area contributed by atoms with Crippen molar-refractivity contribution in [2.45, 2.75) is 12.6 Å². The Morgan fingerprint density at radius 2 is 2.10 bits per heavy atom. The Kier molecular flexibility index (Phi) is 6.30. The number of halogens is 3. The Morgan fingerprint density at radius 1 is 1.35 bits per heavy atom. The molecule has 0 saturated heterocycles. The molecule has 2 N–H and O–H groups in total. The fraction of sp³-hybridized carbons (Fsp3) is 0.462. The van der Waals surface area contributed by atoms with E-state index in [0.29, 0.717) is 19.6 Å². The van der Waals surface area contributed by atoms with Gasteiger partial charge in [0.1, 0.15) is 0 Å². The number of methoxy groups -OCH3 is 1. The first-order valence-electron chi connectivity index (χ1n) is 6.10. The number of ether oxygens (including phenoxy) is 1. The molecular formula is C13H17F3N2O2. The molecule has 1 aromatic carbocycles. The van der Waals surface area contributed by atoms with E-state index in [1.807, 2.05) is 0 Å². The number of benzene rings is 1. The van der Waals surface area contributed by atoms with Crippen molar-refractivity contribution in [3.63, 3.8) is 0 Å². The second-order valence-electron chi connectivity index (χ2n) is 4.13. The summed E-state index contributed by atoms with van der Waals surface area (Å²) in [5.41, 5.74) is -0.491. The fourth-order valence-electron chi connectivity index (χ4n) is 1.49. The van der Waals surface area contributed by atoms with Gasteiger partial charge in [-0.15, -0.1) is 0 Å². The summed E-state index contributed by atoms with van der Waals surface area (Å²) in [6.45, 7) is 0.937. The summed E-state index contributed by atoms with van der Waals surface area (Å²) in [5, 5.41) is 5.28. The molecule has 20 heavy (non-hydrogen) atoms. The molecule has 0 fully saturated rings. The van der Waals surface area contributed by atoms with Gasteiger partial charge in [0.2, 0.25) is 5.91 Å². The molecule has 0 unspecified atom stereocenters. The normalized spacial score (nSPS) is 11.2. The Bertz CT molecular complexity index is 436. The van der Waals surface area contributed by atoms with Crippen LogP contribution >= 0.6 is 0 Å². The molecule has 0 heterocycles. The standard InChI is InChI=1S/C13H17F3N2O2/c1-20-7-3-6-17-12(19)9-18-11-5-2-4-10(8-11)13(14,15)16/h2,4-5,8,18H,3,6-7,9H2,1H3,(H,17,19). The Labute approximate surface area is 115 Å². The summed E-state index contributed by atoms with van der Waals surface area (Å²) in [5.74, 6) is -0.279. The van der Waals surface area contributed by atoms with Gasteiger partial charge < -0.3 is 15.4 Å². The van der Waals surface area contributed by atoms with Gasteiger partial charge in [0.25, 0.3) is 0 Å². The zero-order valence-corrected chi connectivity index (χ0v) is 11.1. The molecule has 4 nitrogen and oxygen atoms in total. The van der Waals surface area contributed by atoms with E-state index in [-0.39, 0.29) is 18.1 Å². The first-order valence-corrected chi connectivity index (χ1v) is 6.10. The highest BCUT2D eigenvalue weighted by Crippen LogP contribution is 2.30. The number of carbonyl (C=O) groups is 1. The van der Waals surface area contributed by atoms with Gasteiger partial charge >= 0.3 is 6.18 Å². The Hall–Kier alpha value is -1.76. The van der Waals surface area contributed by atoms with Gasteiger partial charge in [-0.3, -0.25) is 4.79 Å². The minimum atomic E-state index is -4.39. The summed E-state index contributed by atoms with van der Waals surface area (Å²) in [6, 6.07) is 4.73. The molecule has 0 aliphatic heterocycles. The van der Waals surface area contributed by atoms with E-state index < -0.39 is 11.7 Å². The van der Waals surface area contributed by atoms with Crippen LogP contribution in [-0.4, -0.2) is 32.7 Å². The van der Waals surface area contributed by atoms with Crippen LogP contribution in [0.15, 0.2) is 24.3 Å². The van der Waals surface area contributed by atoms with E-state index >= 15 is 0 Å². The van der Waals surface area contributed by atoms with Crippen LogP contribution in [0.25, 0.3) is 0 Å². The van der Waals surface area contributed by atoms with Gasteiger partial charge in [-0.1, -0.05) is 6.07 Å². The van der Waals surface area contributed by atoms with Crippen molar-refractivity contribution in [2.24, 2.45) is 0 Å². The second kappa shape index (κ2) is 7.74. The highest BCUT2D eigenvalue weighted by atomic mass is 19.4. The van der Waals surface area contributed by atoms with Crippen molar-refractivity contribution in [3.05, 3.63) is 29.8 Å². The van der Waals surface area contributed by atoms with E-state index in [1.54, 1.807) is 7.11 Å². The SMILES string of the molecule is COCCCNC(=O)CNc1cccc(C(F)(F)F)c1. The molecule has 0 aliphatic rings. The molecule has 7 heteroatoms. The third-order valence-corrected chi connectivity index (χ3v) is 2.49. The van der Waals surface area contributed by atoms with Crippen LogP contribution in [0.4, 0.5) is 18.9 Å². The number of hydrogen-bond acceptors (Lipinski definition) is 3. The molecule has 0 spiro atoms. The van der Waals surface area contributed by atoms with Crippen LogP contribution < -0.4 is 10.6 Å². The Morgan fingerprint density at radius 3 is 2.75 bits per heavy atom. The fourth-order valence-corrected chi connectivity index (χ4v) is 1.49. The van der Waals surface area contributed by atoms with Crippen LogP contribution in [0.1, 0.15) is 12.0 Å². The Balaban J connectivity index is 2.40. The smallest absolute Gasteiger partial charge is 0.385 e. The zero-order chi connectivity index (χ0) is 15.0. The van der Waals surface area contributed by atoms with E-state index in [1.165, 1.54) is 12.1 Å². The summed E-state index contributed by atoms with van der Waals surface area (Å²) < 4.78 is 42.3. The maximum atomic E-state index is 12.5. The third kappa shape index (κ3) is 5.92. The first kappa shape index (κ1) is 16.3. The summed E-state index contributed by atoms with van der Waals surface area (Å²) in [4.78, 5) is 11.4. The topological polar surface area (TPSA) is 50.4 Å². The molecule has 0 aliphatic carbocycles. The molecule has 1 amide bonds. The predicted octanol–water partition coefficient (Wildman–Crippen LogP) is 2.27. The number of alkyl halides is 3. The van der Waals surface area contributed by atoms with Crippen LogP contribution in [-0.2, 0) is 15.7 Å². The average Bonchev–Trinajstić information content (AvgIpc) is 2.41. The lowest BCUT2D eigenvalue weighted by molar-refractivity contribution is -0.137. The highest BCUT2D eigenvalue weighted by Gasteiger charge is 2.30. The van der Waals surface area contributed by atoms with E-state index in [0.717, 1.165) is 12.1 Å². The zero-order valence-electron chi connectivity index (χ0n) is 11.1. The van der Waals surface area contributed by atoms with Crippen molar-refractivity contribution >= 4 is 11.6 Å². The van der Waals surface area contributed by atoms with E-state index in [2.05, 4.69) is 10.6 Å². The minimum Gasteiger partial charge on any atom is -0.385 e. The van der Waals surface area contributed by atoms with Gasteiger partial charge in [-0.05, 0) is 24.6 Å². The summed E-state index contributed by atoms with van der Waals surface area (Å²) in [6.07, 6.45) is -3.70. The molecule has 1 rings (SSSR count). The maximum Gasteiger partial charge on any atom is 0.416 e. The number of anilines is 1. The largest absolute Gasteiger partial charge is 0.416 e. The first-order chi connectivity index (χ1) is 9.43. The number of rotatable bonds is 7. The molecule has 1 aromatic rings. The van der Waals surface area contributed by atoms with Gasteiger partial charge in [0.05, 0.1) is 12.1 Å². The summed E-state index contributed by atoms with van der Waals surface area (Å²) >= 11 is 0. The lowest BCUT2D eigenvalue weighted by atomic mass is 10.2. The van der Waals surface area contributed by atoms with Crippen molar-refractivity contribution in [1.29, 1.82) is 0 Å². The van der Waals surface area contributed by atoms with Gasteiger partial charge in [0.15, 0.2) is 0 Å². The van der Waals surface area contributed by atoms with Crippen molar-refractivity contribution in [2.75, 3.05) is 32.1 Å². The molecule has 112 valence electrons. The van der Waals surface area contributed by atoms with Crippen LogP contribution in [0.2, 0.25) is 0 Å². The lowest BCUT2D eigenvalue weighted by Gasteiger charge is -2.10. The second-order valence-corrected chi connectivity index (χ2v) is 4.13. The molecule has 0 atom stereocenters. The summed E-state index contributed by atoms with van der Waals surface area (Å²) in [7, 11) is 1.57. The predicted molar refractivity (Wildman–Crippen MR) is 69.4 cm³/mol. The highest BCUT2D eigenvalue weighted by molar-refractivity contribution is 5.80. The molecule has 0 aromatic heterocycles. The number of amides is 1. The van der Waals surface area contributed by atoms with E-state index in [9.17, 15) is 18.0 Å². The van der Waals surface area contributed by atoms with Crippen molar-refractivity contribution < 1.29 is 22.7 Å².